The van der Waals surface area contributed by atoms with Crippen molar-refractivity contribution in [2.24, 2.45) is 0 Å². The van der Waals surface area contributed by atoms with Gasteiger partial charge in [0.2, 0.25) is 0 Å². The van der Waals surface area contributed by atoms with Crippen LogP contribution in [0.15, 0.2) is 53.8 Å². The van der Waals surface area contributed by atoms with Crippen LogP contribution in [0.4, 0.5) is 5.69 Å². The Morgan fingerprint density at radius 1 is 1.24 bits per heavy atom. The SMILES string of the molecule is COc1cccc(NS(=O)(=O)c2ccc3nncn3c2)c1. The number of hydrogen-bond donors (Lipinski definition) is 1. The fourth-order valence-electron chi connectivity index (χ4n) is 1.87. The number of ether oxygens (including phenoxy) is 1. The number of nitrogens with zero attached hydrogens (tertiary/aromatic N) is 3. The van der Waals surface area contributed by atoms with Gasteiger partial charge in [-0.1, -0.05) is 6.07 Å². The largest absolute Gasteiger partial charge is 0.497 e. The van der Waals surface area contributed by atoms with Gasteiger partial charge >= 0.3 is 0 Å². The molecule has 0 amide bonds. The normalized spacial score (nSPS) is 11.5. The molecule has 0 aliphatic heterocycles. The van der Waals surface area contributed by atoms with E-state index in [0.717, 1.165) is 0 Å². The third-order valence-electron chi connectivity index (χ3n) is 2.90. The Hall–Kier alpha value is -2.61. The summed E-state index contributed by atoms with van der Waals surface area (Å²) < 4.78 is 33.8. The van der Waals surface area contributed by atoms with E-state index in [1.165, 1.54) is 25.7 Å². The van der Waals surface area contributed by atoms with Crippen LogP contribution in [0.1, 0.15) is 0 Å². The molecule has 3 rings (SSSR count). The van der Waals surface area contributed by atoms with Crippen molar-refractivity contribution >= 4 is 21.4 Å². The fraction of sp³-hybridized carbons (Fsp3) is 0.0769. The van der Waals surface area contributed by atoms with Crippen molar-refractivity contribution in [1.29, 1.82) is 0 Å². The van der Waals surface area contributed by atoms with E-state index in [0.29, 0.717) is 17.1 Å². The van der Waals surface area contributed by atoms with Crippen LogP contribution in [0.5, 0.6) is 5.75 Å². The molecule has 8 heteroatoms. The highest BCUT2D eigenvalue weighted by atomic mass is 32.2. The van der Waals surface area contributed by atoms with Gasteiger partial charge in [0.05, 0.1) is 12.8 Å². The Labute approximate surface area is 121 Å². The van der Waals surface area contributed by atoms with Gasteiger partial charge in [-0.25, -0.2) is 8.42 Å². The van der Waals surface area contributed by atoms with Crippen LogP contribution < -0.4 is 9.46 Å². The van der Waals surface area contributed by atoms with Gasteiger partial charge in [0.25, 0.3) is 10.0 Å². The van der Waals surface area contributed by atoms with Crippen molar-refractivity contribution in [2.75, 3.05) is 11.8 Å². The second-order valence-corrected chi connectivity index (χ2v) is 5.98. The summed E-state index contributed by atoms with van der Waals surface area (Å²) >= 11 is 0. The van der Waals surface area contributed by atoms with E-state index < -0.39 is 10.0 Å². The molecule has 2 heterocycles. The smallest absolute Gasteiger partial charge is 0.263 e. The lowest BCUT2D eigenvalue weighted by Gasteiger charge is -2.09. The minimum absolute atomic E-state index is 0.123. The van der Waals surface area contributed by atoms with Crippen LogP contribution in [0, 0.1) is 0 Å². The van der Waals surface area contributed by atoms with Crippen LogP contribution in [-0.4, -0.2) is 30.1 Å². The average Bonchev–Trinajstić information content (AvgIpc) is 2.94. The van der Waals surface area contributed by atoms with E-state index in [9.17, 15) is 8.42 Å². The molecule has 108 valence electrons. The lowest BCUT2D eigenvalue weighted by molar-refractivity contribution is 0.415. The number of anilines is 1. The van der Waals surface area contributed by atoms with E-state index >= 15 is 0 Å². The van der Waals surface area contributed by atoms with Crippen molar-refractivity contribution in [2.45, 2.75) is 4.90 Å². The van der Waals surface area contributed by atoms with Gasteiger partial charge in [-0.05, 0) is 24.3 Å². The zero-order valence-electron chi connectivity index (χ0n) is 11.1. The number of fused-ring (bicyclic) bond motifs is 1. The summed E-state index contributed by atoms with van der Waals surface area (Å²) in [6.45, 7) is 0. The highest BCUT2D eigenvalue weighted by Crippen LogP contribution is 2.20. The summed E-state index contributed by atoms with van der Waals surface area (Å²) in [5, 5.41) is 7.54. The highest BCUT2D eigenvalue weighted by Gasteiger charge is 2.15. The fourth-order valence-corrected chi connectivity index (χ4v) is 2.92. The summed E-state index contributed by atoms with van der Waals surface area (Å²) in [5.41, 5.74) is 1.01. The van der Waals surface area contributed by atoms with Crippen LogP contribution in [0.2, 0.25) is 0 Å². The molecule has 7 nitrogen and oxygen atoms in total. The zero-order chi connectivity index (χ0) is 14.9. The molecule has 0 fully saturated rings. The molecule has 0 unspecified atom stereocenters. The molecule has 2 aromatic heterocycles. The molecule has 0 saturated carbocycles. The highest BCUT2D eigenvalue weighted by molar-refractivity contribution is 7.92. The summed E-state index contributed by atoms with van der Waals surface area (Å²) in [4.78, 5) is 0.123. The number of rotatable bonds is 4. The molecular formula is C13H12N4O3S. The van der Waals surface area contributed by atoms with Gasteiger partial charge in [0.1, 0.15) is 17.0 Å². The number of pyridine rings is 1. The van der Waals surface area contributed by atoms with Crippen LogP contribution in [0.25, 0.3) is 5.65 Å². The minimum atomic E-state index is -3.69. The summed E-state index contributed by atoms with van der Waals surface area (Å²) in [6, 6.07) is 9.77. The number of methoxy groups -OCH3 is 1. The quantitative estimate of drug-likeness (QED) is 0.790. The van der Waals surface area contributed by atoms with Crippen LogP contribution in [-0.2, 0) is 10.0 Å². The van der Waals surface area contributed by atoms with Gasteiger partial charge < -0.3 is 4.74 Å². The first-order valence-electron chi connectivity index (χ1n) is 6.05. The summed E-state index contributed by atoms with van der Waals surface area (Å²) in [5.74, 6) is 0.574. The topological polar surface area (TPSA) is 85.6 Å². The van der Waals surface area contributed by atoms with E-state index in [4.69, 9.17) is 4.74 Å². The van der Waals surface area contributed by atoms with E-state index in [1.54, 1.807) is 34.7 Å². The first-order chi connectivity index (χ1) is 10.1. The van der Waals surface area contributed by atoms with Gasteiger partial charge in [-0.2, -0.15) is 0 Å². The number of hydrogen-bond acceptors (Lipinski definition) is 5. The molecule has 21 heavy (non-hydrogen) atoms. The van der Waals surface area contributed by atoms with Crippen molar-refractivity contribution < 1.29 is 13.2 Å². The summed E-state index contributed by atoms with van der Waals surface area (Å²) in [6.07, 6.45) is 2.90. The lowest BCUT2D eigenvalue weighted by Crippen LogP contribution is -2.13. The number of sulfonamides is 1. The molecule has 0 atom stereocenters. The van der Waals surface area contributed by atoms with Gasteiger partial charge in [0, 0.05) is 12.3 Å². The molecule has 0 aliphatic rings. The maximum atomic E-state index is 12.4. The maximum absolute atomic E-state index is 12.4. The predicted octanol–water partition coefficient (Wildman–Crippen LogP) is 1.54. The molecule has 0 radical (unpaired) electrons. The number of nitrogens with one attached hydrogen (secondary N) is 1. The first kappa shape index (κ1) is 13.4. The summed E-state index contributed by atoms with van der Waals surface area (Å²) in [7, 11) is -2.17. The Morgan fingerprint density at radius 3 is 2.90 bits per heavy atom. The van der Waals surface area contributed by atoms with E-state index in [-0.39, 0.29) is 4.90 Å². The second kappa shape index (κ2) is 5.06. The molecule has 1 N–H and O–H groups in total. The van der Waals surface area contributed by atoms with E-state index in [1.807, 2.05) is 0 Å². The second-order valence-electron chi connectivity index (χ2n) is 4.30. The molecule has 0 aliphatic carbocycles. The molecule has 0 saturated heterocycles. The van der Waals surface area contributed by atoms with Crippen LogP contribution >= 0.6 is 0 Å². The van der Waals surface area contributed by atoms with E-state index in [2.05, 4.69) is 14.9 Å². The average molecular weight is 304 g/mol. The van der Waals surface area contributed by atoms with Gasteiger partial charge in [0.15, 0.2) is 5.65 Å². The third-order valence-corrected chi connectivity index (χ3v) is 4.26. The Morgan fingerprint density at radius 2 is 2.10 bits per heavy atom. The number of benzene rings is 1. The standard InChI is InChI=1S/C13H12N4O3S/c1-20-11-4-2-3-10(7-11)16-21(18,19)12-5-6-13-15-14-9-17(13)8-12/h2-9,16H,1H3. The Balaban J connectivity index is 1.95. The Bertz CT molecular complexity index is 889. The molecular weight excluding hydrogens is 292 g/mol. The molecule has 0 bridgehead atoms. The van der Waals surface area contributed by atoms with Crippen molar-refractivity contribution in [3.63, 3.8) is 0 Å². The zero-order valence-corrected chi connectivity index (χ0v) is 11.9. The Kier molecular flexibility index (Phi) is 3.22. The maximum Gasteiger partial charge on any atom is 0.263 e. The third kappa shape index (κ3) is 2.65. The van der Waals surface area contributed by atoms with Crippen molar-refractivity contribution in [3.05, 3.63) is 48.9 Å². The van der Waals surface area contributed by atoms with Crippen LogP contribution in [0.3, 0.4) is 0 Å². The van der Waals surface area contributed by atoms with Gasteiger partial charge in [-0.3, -0.25) is 9.12 Å². The molecule has 0 spiro atoms. The minimum Gasteiger partial charge on any atom is -0.497 e. The predicted molar refractivity (Wildman–Crippen MR) is 76.8 cm³/mol. The van der Waals surface area contributed by atoms with Crippen molar-refractivity contribution in [3.8, 4) is 5.75 Å². The molecule has 3 aromatic rings. The van der Waals surface area contributed by atoms with Crippen molar-refractivity contribution in [1.82, 2.24) is 14.6 Å². The molecule has 1 aromatic carbocycles. The number of aromatic nitrogens is 3. The first-order valence-corrected chi connectivity index (χ1v) is 7.53. The van der Waals surface area contributed by atoms with Gasteiger partial charge in [-0.15, -0.1) is 10.2 Å². The lowest BCUT2D eigenvalue weighted by atomic mass is 10.3. The monoisotopic (exact) mass is 304 g/mol.